The molecule has 178 valence electrons. The van der Waals surface area contributed by atoms with Gasteiger partial charge >= 0.3 is 6.18 Å². The summed E-state index contributed by atoms with van der Waals surface area (Å²) >= 11 is 0. The van der Waals surface area contributed by atoms with Crippen molar-refractivity contribution >= 4 is 11.7 Å². The minimum atomic E-state index is -4.55. The summed E-state index contributed by atoms with van der Waals surface area (Å²) in [5, 5.41) is 9.72. The van der Waals surface area contributed by atoms with Crippen molar-refractivity contribution in [2.45, 2.75) is 31.2 Å². The molecule has 2 atom stereocenters. The molecule has 3 heterocycles. The molecule has 0 saturated heterocycles. The van der Waals surface area contributed by atoms with Crippen LogP contribution in [0.2, 0.25) is 0 Å². The molecule has 11 heteroatoms. The van der Waals surface area contributed by atoms with E-state index in [9.17, 15) is 18.0 Å². The summed E-state index contributed by atoms with van der Waals surface area (Å²) < 4.78 is 58.6. The Bertz CT molecular complexity index is 1230. The molecule has 2 aliphatic rings. The van der Waals surface area contributed by atoms with E-state index in [1.165, 1.54) is 7.11 Å². The Balaban J connectivity index is 1.41. The monoisotopic (exact) mass is 474 g/mol. The lowest BCUT2D eigenvalue weighted by atomic mass is 9.95. The highest BCUT2D eigenvalue weighted by Crippen LogP contribution is 2.45. The van der Waals surface area contributed by atoms with Crippen LogP contribution in [0.1, 0.15) is 40.0 Å². The number of benzene rings is 2. The molecule has 0 aliphatic carbocycles. The van der Waals surface area contributed by atoms with E-state index in [-0.39, 0.29) is 31.1 Å². The number of carbonyl (C=O) groups excluding carboxylic acids is 1. The number of alkyl halides is 3. The Labute approximate surface area is 192 Å². The Hall–Kier alpha value is -3.89. The van der Waals surface area contributed by atoms with Crippen molar-refractivity contribution < 1.29 is 32.2 Å². The Morgan fingerprint density at radius 3 is 2.82 bits per heavy atom. The van der Waals surface area contributed by atoms with Crippen LogP contribution in [0.5, 0.6) is 17.2 Å². The minimum absolute atomic E-state index is 0.00710. The molecule has 0 spiro atoms. The van der Waals surface area contributed by atoms with Gasteiger partial charge in [0.05, 0.1) is 19.3 Å². The van der Waals surface area contributed by atoms with Gasteiger partial charge in [0.1, 0.15) is 17.1 Å². The van der Waals surface area contributed by atoms with Crippen LogP contribution in [-0.2, 0) is 6.54 Å². The average molecular weight is 474 g/mol. The smallest absolute Gasteiger partial charge is 0.410 e. The second kappa shape index (κ2) is 8.47. The van der Waals surface area contributed by atoms with Crippen molar-refractivity contribution in [3.63, 3.8) is 0 Å². The minimum Gasteiger partial charge on any atom is -0.496 e. The molecule has 0 fully saturated rings. The first-order valence-electron chi connectivity index (χ1n) is 10.6. The summed E-state index contributed by atoms with van der Waals surface area (Å²) in [6, 6.07) is 9.49. The van der Waals surface area contributed by atoms with Crippen LogP contribution in [0.4, 0.5) is 19.0 Å². The zero-order valence-corrected chi connectivity index (χ0v) is 18.1. The number of hydrogen-bond acceptors (Lipinski definition) is 6. The molecule has 0 bridgehead atoms. The van der Waals surface area contributed by atoms with Gasteiger partial charge in [-0.3, -0.25) is 4.79 Å². The number of hydrogen-bond donors (Lipinski definition) is 2. The fourth-order valence-electron chi connectivity index (χ4n) is 4.22. The number of para-hydroxylation sites is 1. The number of aromatic nitrogens is 2. The predicted molar refractivity (Wildman–Crippen MR) is 115 cm³/mol. The molecule has 5 rings (SSSR count). The van der Waals surface area contributed by atoms with E-state index in [1.807, 2.05) is 0 Å². The van der Waals surface area contributed by atoms with E-state index in [1.54, 1.807) is 42.5 Å². The molecule has 2 N–H and O–H groups in total. The van der Waals surface area contributed by atoms with Gasteiger partial charge in [0.25, 0.3) is 5.91 Å². The lowest BCUT2D eigenvalue weighted by Crippen LogP contribution is -2.36. The fraction of sp³-hybridized carbons (Fsp3) is 0.304. The second-order valence-corrected chi connectivity index (χ2v) is 7.95. The van der Waals surface area contributed by atoms with Gasteiger partial charge in [0, 0.05) is 18.5 Å². The highest BCUT2D eigenvalue weighted by Gasteiger charge is 2.47. The van der Waals surface area contributed by atoms with Gasteiger partial charge in [-0.25, -0.2) is 4.68 Å². The number of ether oxygens (including phenoxy) is 3. The fourth-order valence-corrected chi connectivity index (χ4v) is 4.22. The summed E-state index contributed by atoms with van der Waals surface area (Å²) in [7, 11) is 1.46. The van der Waals surface area contributed by atoms with Gasteiger partial charge < -0.3 is 24.8 Å². The maximum Gasteiger partial charge on any atom is 0.410 e. The van der Waals surface area contributed by atoms with E-state index in [4.69, 9.17) is 14.2 Å². The van der Waals surface area contributed by atoms with E-state index in [2.05, 4.69) is 15.7 Å². The van der Waals surface area contributed by atoms with Crippen molar-refractivity contribution in [1.82, 2.24) is 15.1 Å². The van der Waals surface area contributed by atoms with Crippen LogP contribution in [-0.4, -0.2) is 35.8 Å². The van der Waals surface area contributed by atoms with Crippen LogP contribution < -0.4 is 24.8 Å². The molecule has 0 radical (unpaired) electrons. The van der Waals surface area contributed by atoms with Gasteiger partial charge in [0.15, 0.2) is 17.5 Å². The number of fused-ring (bicyclic) bond motifs is 2. The number of nitrogens with zero attached hydrogens (tertiary/aromatic N) is 2. The van der Waals surface area contributed by atoms with Crippen LogP contribution in [0.15, 0.2) is 48.7 Å². The number of amides is 1. The number of halogens is 3. The van der Waals surface area contributed by atoms with Crippen molar-refractivity contribution in [2.75, 3.05) is 19.2 Å². The second-order valence-electron chi connectivity index (χ2n) is 7.95. The summed E-state index contributed by atoms with van der Waals surface area (Å²) in [6.07, 6.45) is -3.69. The third kappa shape index (κ3) is 3.97. The topological polar surface area (TPSA) is 86.6 Å². The van der Waals surface area contributed by atoms with Crippen molar-refractivity contribution in [2.24, 2.45) is 0 Å². The SMILES string of the molecule is COc1ccccc1[C@H]1C[C@H](C(F)(F)F)n2ncc(C(=O)NCc3ccc4c(c3)OCO4)c2N1. The molecule has 0 unspecified atom stereocenters. The lowest BCUT2D eigenvalue weighted by Gasteiger charge is -2.34. The van der Waals surface area contributed by atoms with Crippen molar-refractivity contribution in [1.29, 1.82) is 0 Å². The highest BCUT2D eigenvalue weighted by atomic mass is 19.4. The van der Waals surface area contributed by atoms with Crippen molar-refractivity contribution in [3.05, 3.63) is 65.4 Å². The molecule has 2 aliphatic heterocycles. The molecule has 1 aromatic heterocycles. The number of anilines is 1. The first-order chi connectivity index (χ1) is 16.3. The summed E-state index contributed by atoms with van der Waals surface area (Å²) in [5.74, 6) is 1.11. The number of rotatable bonds is 5. The molecule has 3 aromatic rings. The molecule has 1 amide bonds. The Morgan fingerprint density at radius 2 is 2.03 bits per heavy atom. The molecular weight excluding hydrogens is 453 g/mol. The predicted octanol–water partition coefficient (Wildman–Crippen LogP) is 4.21. The largest absolute Gasteiger partial charge is 0.496 e. The third-order valence-electron chi connectivity index (χ3n) is 5.89. The average Bonchev–Trinajstić information content (AvgIpc) is 3.47. The van der Waals surface area contributed by atoms with Gasteiger partial charge in [0.2, 0.25) is 6.79 Å². The number of nitrogens with one attached hydrogen (secondary N) is 2. The molecule has 8 nitrogen and oxygen atoms in total. The summed E-state index contributed by atoms with van der Waals surface area (Å²) in [4.78, 5) is 12.9. The van der Waals surface area contributed by atoms with Gasteiger partial charge in [-0.1, -0.05) is 24.3 Å². The van der Waals surface area contributed by atoms with Crippen LogP contribution in [0.25, 0.3) is 0 Å². The quantitative estimate of drug-likeness (QED) is 0.576. The number of methoxy groups -OCH3 is 1. The van der Waals surface area contributed by atoms with E-state index < -0.39 is 24.2 Å². The normalized spacial score (nSPS) is 18.7. The van der Waals surface area contributed by atoms with E-state index in [0.29, 0.717) is 22.8 Å². The van der Waals surface area contributed by atoms with Gasteiger partial charge in [-0.15, -0.1) is 0 Å². The van der Waals surface area contributed by atoms with Gasteiger partial charge in [-0.05, 0) is 23.8 Å². The first kappa shape index (κ1) is 21.9. The molecule has 2 aromatic carbocycles. The first-order valence-corrected chi connectivity index (χ1v) is 10.6. The Kier molecular flexibility index (Phi) is 5.46. The standard InChI is InChI=1S/C23H21F3N4O4/c1-32-17-5-3-2-4-14(17)16-9-20(23(24,25)26)30-21(29-16)15(11-28-30)22(31)27-10-13-6-7-18-19(8-13)34-12-33-18/h2-8,11,16,20,29H,9-10,12H2,1H3,(H,27,31)/t16-,20-/m1/s1. The maximum absolute atomic E-state index is 13.9. The maximum atomic E-state index is 13.9. The van der Waals surface area contributed by atoms with E-state index in [0.717, 1.165) is 16.4 Å². The number of carbonyl (C=O) groups is 1. The zero-order valence-electron chi connectivity index (χ0n) is 18.1. The van der Waals surface area contributed by atoms with Crippen LogP contribution in [0, 0.1) is 0 Å². The van der Waals surface area contributed by atoms with Crippen LogP contribution in [0.3, 0.4) is 0 Å². The summed E-state index contributed by atoms with van der Waals surface area (Å²) in [5.41, 5.74) is 1.35. The molecule has 34 heavy (non-hydrogen) atoms. The van der Waals surface area contributed by atoms with Gasteiger partial charge in [-0.2, -0.15) is 18.3 Å². The van der Waals surface area contributed by atoms with E-state index >= 15 is 0 Å². The highest BCUT2D eigenvalue weighted by molar-refractivity contribution is 5.98. The third-order valence-corrected chi connectivity index (χ3v) is 5.89. The van der Waals surface area contributed by atoms with Crippen LogP contribution >= 0.6 is 0 Å². The lowest BCUT2D eigenvalue weighted by molar-refractivity contribution is -0.173. The molecule has 0 saturated carbocycles. The molecular formula is C23H21F3N4O4. The van der Waals surface area contributed by atoms with Crippen molar-refractivity contribution in [3.8, 4) is 17.2 Å². The Morgan fingerprint density at radius 1 is 1.24 bits per heavy atom. The summed E-state index contributed by atoms with van der Waals surface area (Å²) in [6.45, 7) is 0.284. The zero-order chi connectivity index (χ0) is 23.9.